The fourth-order valence-corrected chi connectivity index (χ4v) is 2.36. The van der Waals surface area contributed by atoms with E-state index >= 15 is 0 Å². The number of pyridine rings is 1. The molecule has 1 atom stereocenters. The molecule has 2 heterocycles. The fourth-order valence-electron chi connectivity index (χ4n) is 2.01. The van der Waals surface area contributed by atoms with Gasteiger partial charge in [0.1, 0.15) is 4.60 Å². The predicted molar refractivity (Wildman–Crippen MR) is 83.8 cm³/mol. The molecule has 0 amide bonds. The molecule has 0 aliphatic carbocycles. The molecule has 1 saturated heterocycles. The first-order valence-corrected chi connectivity index (χ1v) is 6.30. The van der Waals surface area contributed by atoms with E-state index in [-0.39, 0.29) is 30.9 Å². The van der Waals surface area contributed by atoms with E-state index in [1.165, 1.54) is 0 Å². The van der Waals surface area contributed by atoms with Crippen LogP contribution in [0.5, 0.6) is 0 Å². The second-order valence-electron chi connectivity index (χ2n) is 3.85. The molecular formula is C12H18BrCl2N3. The first-order valence-electron chi connectivity index (χ1n) is 5.51. The maximum absolute atomic E-state index is 4.50. The van der Waals surface area contributed by atoms with Crippen LogP contribution >= 0.6 is 40.7 Å². The molecule has 1 aromatic rings. The highest BCUT2D eigenvalue weighted by molar-refractivity contribution is 9.10. The van der Waals surface area contributed by atoms with Crippen LogP contribution in [0.4, 0.5) is 0 Å². The van der Waals surface area contributed by atoms with Crippen molar-refractivity contribution in [3.8, 4) is 0 Å². The zero-order valence-corrected chi connectivity index (χ0v) is 13.2. The van der Waals surface area contributed by atoms with Crippen LogP contribution in [-0.2, 0) is 0 Å². The van der Waals surface area contributed by atoms with Crippen LogP contribution in [0.15, 0.2) is 35.5 Å². The van der Waals surface area contributed by atoms with Gasteiger partial charge in [0.2, 0.25) is 0 Å². The minimum absolute atomic E-state index is 0. The molecule has 6 heteroatoms. The highest BCUT2D eigenvalue weighted by atomic mass is 79.9. The summed E-state index contributed by atoms with van der Waals surface area (Å²) in [5.74, 6) is 0. The molecule has 2 rings (SSSR count). The maximum atomic E-state index is 4.50. The number of hydrogen-bond acceptors (Lipinski definition) is 3. The summed E-state index contributed by atoms with van der Waals surface area (Å²) in [7, 11) is 0. The molecule has 1 fully saturated rings. The summed E-state index contributed by atoms with van der Waals surface area (Å²) in [5.41, 5.74) is 1.06. The minimum atomic E-state index is 0. The van der Waals surface area contributed by atoms with Crippen molar-refractivity contribution in [1.29, 1.82) is 0 Å². The molecule has 1 aromatic heterocycles. The summed E-state index contributed by atoms with van der Waals surface area (Å²) in [6.07, 6.45) is 1.97. The van der Waals surface area contributed by atoms with Crippen molar-refractivity contribution < 1.29 is 0 Å². The molecule has 0 radical (unpaired) electrons. The van der Waals surface area contributed by atoms with Gasteiger partial charge in [0.25, 0.3) is 0 Å². The molecule has 0 saturated carbocycles. The number of halogens is 3. The van der Waals surface area contributed by atoms with Crippen molar-refractivity contribution in [1.82, 2.24) is 15.2 Å². The first-order chi connectivity index (χ1) is 7.81. The predicted octanol–water partition coefficient (Wildman–Crippen LogP) is 2.82. The average molecular weight is 355 g/mol. The molecule has 3 nitrogen and oxygen atoms in total. The molecule has 0 aromatic carbocycles. The molecule has 18 heavy (non-hydrogen) atoms. The Morgan fingerprint density at radius 1 is 1.33 bits per heavy atom. The van der Waals surface area contributed by atoms with Crippen LogP contribution in [0.2, 0.25) is 0 Å². The van der Waals surface area contributed by atoms with Gasteiger partial charge in [-0.25, -0.2) is 4.98 Å². The summed E-state index contributed by atoms with van der Waals surface area (Å²) >= 11 is 3.41. The van der Waals surface area contributed by atoms with Crippen molar-refractivity contribution >= 4 is 40.7 Å². The number of piperazine rings is 1. The number of nitrogens with one attached hydrogen (secondary N) is 1. The molecule has 1 aliphatic rings. The molecular weight excluding hydrogens is 337 g/mol. The van der Waals surface area contributed by atoms with Crippen molar-refractivity contribution in [2.24, 2.45) is 0 Å². The van der Waals surface area contributed by atoms with Gasteiger partial charge in [-0.15, -0.1) is 31.4 Å². The van der Waals surface area contributed by atoms with Gasteiger partial charge in [-0.05, 0) is 28.1 Å². The summed E-state index contributed by atoms with van der Waals surface area (Å²) in [4.78, 5) is 6.90. The lowest BCUT2D eigenvalue weighted by molar-refractivity contribution is 0.200. The van der Waals surface area contributed by atoms with Crippen LogP contribution in [0.1, 0.15) is 11.7 Å². The second kappa shape index (κ2) is 8.88. The summed E-state index contributed by atoms with van der Waals surface area (Å²) in [6, 6.07) is 6.24. The number of hydrogen-bond donors (Lipinski definition) is 1. The van der Waals surface area contributed by atoms with E-state index in [9.17, 15) is 0 Å². The summed E-state index contributed by atoms with van der Waals surface area (Å²) < 4.78 is 0.881. The Labute approximate surface area is 129 Å². The standard InChI is InChI=1S/C12H16BrN3.2ClH/c1-2-11(16-8-6-14-7-9-16)10-4-3-5-12(13)15-10;;/h2-5,11,14H,1,6-9H2;2*1H/t11-;;/m0../s1. The van der Waals surface area contributed by atoms with Gasteiger partial charge in [-0.1, -0.05) is 12.1 Å². The molecule has 0 bridgehead atoms. The lowest BCUT2D eigenvalue weighted by Crippen LogP contribution is -2.44. The van der Waals surface area contributed by atoms with E-state index in [2.05, 4.69) is 43.8 Å². The summed E-state index contributed by atoms with van der Waals surface area (Å²) in [6.45, 7) is 8.10. The molecule has 1 N–H and O–H groups in total. The average Bonchev–Trinajstić information content (AvgIpc) is 2.31. The van der Waals surface area contributed by atoms with Gasteiger partial charge in [0.15, 0.2) is 0 Å². The first kappa shape index (κ1) is 17.9. The largest absolute Gasteiger partial charge is 0.314 e. The lowest BCUT2D eigenvalue weighted by Gasteiger charge is -2.32. The van der Waals surface area contributed by atoms with Crippen molar-refractivity contribution in [2.75, 3.05) is 26.2 Å². The normalized spacial score (nSPS) is 17.2. The second-order valence-corrected chi connectivity index (χ2v) is 4.66. The van der Waals surface area contributed by atoms with Crippen molar-refractivity contribution in [3.05, 3.63) is 41.2 Å². The molecule has 0 spiro atoms. The van der Waals surface area contributed by atoms with Crippen LogP contribution in [0.25, 0.3) is 0 Å². The Hall–Kier alpha value is -0.130. The third kappa shape index (κ3) is 4.52. The Kier molecular flexibility index (Phi) is 8.82. The van der Waals surface area contributed by atoms with E-state index < -0.39 is 0 Å². The quantitative estimate of drug-likeness (QED) is 0.668. The monoisotopic (exact) mass is 353 g/mol. The van der Waals surface area contributed by atoms with Crippen molar-refractivity contribution in [3.63, 3.8) is 0 Å². The highest BCUT2D eigenvalue weighted by Gasteiger charge is 2.20. The van der Waals surface area contributed by atoms with Gasteiger partial charge in [-0.2, -0.15) is 0 Å². The van der Waals surface area contributed by atoms with Crippen LogP contribution in [0, 0.1) is 0 Å². The van der Waals surface area contributed by atoms with E-state index in [0.717, 1.165) is 36.5 Å². The van der Waals surface area contributed by atoms with Crippen molar-refractivity contribution in [2.45, 2.75) is 6.04 Å². The van der Waals surface area contributed by atoms with Gasteiger partial charge >= 0.3 is 0 Å². The highest BCUT2D eigenvalue weighted by Crippen LogP contribution is 2.21. The Bertz CT molecular complexity index is 370. The van der Waals surface area contributed by atoms with Gasteiger partial charge in [0.05, 0.1) is 11.7 Å². The van der Waals surface area contributed by atoms with Crippen LogP contribution in [-0.4, -0.2) is 36.1 Å². The third-order valence-corrected chi connectivity index (χ3v) is 3.25. The number of nitrogens with zero attached hydrogens (tertiary/aromatic N) is 2. The zero-order chi connectivity index (χ0) is 11.4. The lowest BCUT2D eigenvalue weighted by atomic mass is 10.1. The smallest absolute Gasteiger partial charge is 0.106 e. The zero-order valence-electron chi connectivity index (χ0n) is 10.0. The van der Waals surface area contributed by atoms with E-state index in [4.69, 9.17) is 0 Å². The van der Waals surface area contributed by atoms with Gasteiger partial charge < -0.3 is 5.32 Å². The Morgan fingerprint density at radius 2 is 2.00 bits per heavy atom. The van der Waals surface area contributed by atoms with E-state index in [0.29, 0.717) is 0 Å². The minimum Gasteiger partial charge on any atom is -0.314 e. The molecule has 0 unspecified atom stereocenters. The molecule has 1 aliphatic heterocycles. The third-order valence-electron chi connectivity index (χ3n) is 2.81. The fraction of sp³-hybridized carbons (Fsp3) is 0.417. The molecule has 102 valence electrons. The number of aromatic nitrogens is 1. The number of rotatable bonds is 3. The van der Waals surface area contributed by atoms with Gasteiger partial charge in [0, 0.05) is 26.2 Å². The van der Waals surface area contributed by atoms with Crippen LogP contribution < -0.4 is 5.32 Å². The maximum Gasteiger partial charge on any atom is 0.106 e. The summed E-state index contributed by atoms with van der Waals surface area (Å²) in [5, 5.41) is 3.35. The topological polar surface area (TPSA) is 28.2 Å². The SMILES string of the molecule is C=C[C@@H](c1cccc(Br)n1)N1CCNCC1.Cl.Cl. The van der Waals surface area contributed by atoms with Crippen LogP contribution in [0.3, 0.4) is 0 Å². The van der Waals surface area contributed by atoms with E-state index in [1.807, 2.05) is 18.2 Å². The van der Waals surface area contributed by atoms with Gasteiger partial charge in [-0.3, -0.25) is 4.90 Å². The van der Waals surface area contributed by atoms with E-state index in [1.54, 1.807) is 0 Å². The Balaban J connectivity index is 0.00000144. The Morgan fingerprint density at radius 3 is 2.56 bits per heavy atom.